The largest absolute Gasteiger partial charge is 0.330 e. The van der Waals surface area contributed by atoms with Gasteiger partial charge in [0.1, 0.15) is 5.60 Å². The Hall–Kier alpha value is -0.610. The Labute approximate surface area is 84.3 Å². The quantitative estimate of drug-likeness (QED) is 0.730. The first kappa shape index (κ1) is 9.93. The van der Waals surface area contributed by atoms with Crippen molar-refractivity contribution < 1.29 is 9.63 Å². The minimum absolute atomic E-state index is 0.133. The van der Waals surface area contributed by atoms with Crippen LogP contribution in [0, 0.1) is 0 Å². The number of rotatable bonds is 3. The van der Waals surface area contributed by atoms with E-state index in [4.69, 9.17) is 10.6 Å². The van der Waals surface area contributed by atoms with Crippen LogP contribution >= 0.6 is 0 Å². The number of hydrogen-bond acceptors (Lipinski definition) is 3. The van der Waals surface area contributed by atoms with Crippen LogP contribution in [0.5, 0.6) is 0 Å². The second-order valence-electron chi connectivity index (χ2n) is 4.30. The van der Waals surface area contributed by atoms with Crippen molar-refractivity contribution in [2.24, 2.45) is 5.73 Å². The third-order valence-electron chi connectivity index (χ3n) is 3.14. The number of hydrogen-bond donors (Lipinski definition) is 1. The summed E-state index contributed by atoms with van der Waals surface area (Å²) in [4.78, 5) is 17.4. The Bertz CT molecular complexity index is 224. The number of nitrogens with two attached hydrogens (primary N) is 1. The molecule has 14 heavy (non-hydrogen) atoms. The molecule has 4 heteroatoms. The van der Waals surface area contributed by atoms with Crippen molar-refractivity contribution in [1.82, 2.24) is 5.06 Å². The average Bonchev–Trinajstić information content (AvgIpc) is 2.72. The van der Waals surface area contributed by atoms with Gasteiger partial charge in [-0.1, -0.05) is 12.8 Å². The van der Waals surface area contributed by atoms with E-state index in [1.165, 1.54) is 17.9 Å². The third-order valence-corrected chi connectivity index (χ3v) is 3.14. The van der Waals surface area contributed by atoms with Crippen LogP contribution in [-0.2, 0) is 9.63 Å². The summed E-state index contributed by atoms with van der Waals surface area (Å²) in [5.74, 6) is 0.139. The Morgan fingerprint density at radius 2 is 2.14 bits per heavy atom. The van der Waals surface area contributed by atoms with Gasteiger partial charge >= 0.3 is 0 Å². The molecule has 1 saturated heterocycles. The molecule has 1 spiro atoms. The van der Waals surface area contributed by atoms with E-state index in [0.717, 1.165) is 19.3 Å². The van der Waals surface area contributed by atoms with E-state index in [0.29, 0.717) is 19.5 Å². The van der Waals surface area contributed by atoms with Crippen molar-refractivity contribution in [2.45, 2.75) is 44.1 Å². The summed E-state index contributed by atoms with van der Waals surface area (Å²) in [5, 5.41) is 1.53. The van der Waals surface area contributed by atoms with Gasteiger partial charge in [-0.15, -0.1) is 0 Å². The molecule has 80 valence electrons. The van der Waals surface area contributed by atoms with Gasteiger partial charge in [-0.25, -0.2) is 5.06 Å². The maximum Gasteiger partial charge on any atom is 0.249 e. The summed E-state index contributed by atoms with van der Waals surface area (Å²) >= 11 is 0. The highest BCUT2D eigenvalue weighted by atomic mass is 16.7. The van der Waals surface area contributed by atoms with Gasteiger partial charge < -0.3 is 5.73 Å². The lowest BCUT2D eigenvalue weighted by Crippen LogP contribution is -2.29. The van der Waals surface area contributed by atoms with Gasteiger partial charge in [-0.3, -0.25) is 9.63 Å². The van der Waals surface area contributed by atoms with Crippen molar-refractivity contribution in [2.75, 3.05) is 13.1 Å². The third kappa shape index (κ3) is 1.77. The molecule has 0 unspecified atom stereocenters. The Morgan fingerprint density at radius 3 is 2.79 bits per heavy atom. The smallest absolute Gasteiger partial charge is 0.249 e. The minimum Gasteiger partial charge on any atom is -0.330 e. The van der Waals surface area contributed by atoms with Crippen LogP contribution in [0.3, 0.4) is 0 Å². The lowest BCUT2D eigenvalue weighted by atomic mass is 9.99. The maximum absolute atomic E-state index is 11.6. The predicted molar refractivity (Wildman–Crippen MR) is 52.3 cm³/mol. The van der Waals surface area contributed by atoms with E-state index in [-0.39, 0.29) is 11.5 Å². The zero-order valence-electron chi connectivity index (χ0n) is 8.50. The molecule has 0 aromatic rings. The van der Waals surface area contributed by atoms with Crippen LogP contribution in [0.2, 0.25) is 0 Å². The molecule has 0 aromatic heterocycles. The van der Waals surface area contributed by atoms with Crippen LogP contribution < -0.4 is 5.73 Å². The van der Waals surface area contributed by atoms with Gasteiger partial charge in [0, 0.05) is 6.54 Å². The molecule has 0 radical (unpaired) electrons. The lowest BCUT2D eigenvalue weighted by molar-refractivity contribution is -0.197. The summed E-state index contributed by atoms with van der Waals surface area (Å²) in [6.07, 6.45) is 5.87. The van der Waals surface area contributed by atoms with Gasteiger partial charge in [0.05, 0.1) is 6.42 Å². The molecule has 2 N–H and O–H groups in total. The highest BCUT2D eigenvalue weighted by molar-refractivity contribution is 5.78. The van der Waals surface area contributed by atoms with Crippen molar-refractivity contribution >= 4 is 5.91 Å². The van der Waals surface area contributed by atoms with E-state index in [1.807, 2.05) is 0 Å². The van der Waals surface area contributed by atoms with Gasteiger partial charge in [-0.05, 0) is 25.8 Å². The van der Waals surface area contributed by atoms with Crippen LogP contribution in [0.25, 0.3) is 0 Å². The molecule has 1 aliphatic carbocycles. The fourth-order valence-corrected chi connectivity index (χ4v) is 2.37. The van der Waals surface area contributed by atoms with Gasteiger partial charge in [0.15, 0.2) is 0 Å². The first-order valence-electron chi connectivity index (χ1n) is 5.45. The highest BCUT2D eigenvalue weighted by Gasteiger charge is 2.46. The molecule has 2 rings (SSSR count). The van der Waals surface area contributed by atoms with Crippen LogP contribution in [0.1, 0.15) is 38.5 Å². The van der Waals surface area contributed by atoms with E-state index in [9.17, 15) is 4.79 Å². The number of nitrogens with zero attached hydrogens (tertiary/aromatic N) is 1. The second kappa shape index (κ2) is 3.87. The molecule has 1 saturated carbocycles. The van der Waals surface area contributed by atoms with E-state index >= 15 is 0 Å². The fraction of sp³-hybridized carbons (Fsp3) is 0.900. The number of hydroxylamine groups is 2. The Morgan fingerprint density at radius 1 is 1.43 bits per heavy atom. The van der Waals surface area contributed by atoms with Gasteiger partial charge in [-0.2, -0.15) is 0 Å². The lowest BCUT2D eigenvalue weighted by Gasteiger charge is -2.22. The first-order chi connectivity index (χ1) is 6.76. The number of carbonyl (C=O) groups excluding carboxylic acids is 1. The molecular weight excluding hydrogens is 180 g/mol. The van der Waals surface area contributed by atoms with Crippen LogP contribution in [-0.4, -0.2) is 29.7 Å². The average molecular weight is 198 g/mol. The zero-order chi connectivity index (χ0) is 10.0. The normalized spacial score (nSPS) is 25.2. The summed E-state index contributed by atoms with van der Waals surface area (Å²) < 4.78 is 0. The molecule has 1 aliphatic heterocycles. The topological polar surface area (TPSA) is 55.6 Å². The monoisotopic (exact) mass is 198 g/mol. The molecular formula is C10H18N2O2. The van der Waals surface area contributed by atoms with Crippen molar-refractivity contribution in [3.63, 3.8) is 0 Å². The first-order valence-corrected chi connectivity index (χ1v) is 5.45. The summed E-state index contributed by atoms with van der Waals surface area (Å²) in [7, 11) is 0. The summed E-state index contributed by atoms with van der Waals surface area (Å²) in [6, 6.07) is 0. The fourth-order valence-electron chi connectivity index (χ4n) is 2.37. The molecule has 0 atom stereocenters. The number of carbonyl (C=O) groups is 1. The number of amides is 1. The predicted octanol–water partition coefficient (Wildman–Crippen LogP) is 0.812. The Balaban J connectivity index is 1.92. The zero-order valence-corrected chi connectivity index (χ0v) is 8.50. The van der Waals surface area contributed by atoms with Crippen LogP contribution in [0.4, 0.5) is 0 Å². The molecule has 0 bridgehead atoms. The van der Waals surface area contributed by atoms with E-state index in [1.54, 1.807) is 0 Å². The molecule has 0 aromatic carbocycles. The van der Waals surface area contributed by atoms with Crippen LogP contribution in [0.15, 0.2) is 0 Å². The maximum atomic E-state index is 11.6. The minimum atomic E-state index is -0.133. The van der Waals surface area contributed by atoms with Gasteiger partial charge in [0.25, 0.3) is 0 Å². The second-order valence-corrected chi connectivity index (χ2v) is 4.30. The SMILES string of the molecule is NCCCN1OC2(CCCC2)CC1=O. The van der Waals surface area contributed by atoms with E-state index in [2.05, 4.69) is 0 Å². The standard InChI is InChI=1S/C10H18N2O2/c11-6-3-7-12-9(13)8-10(14-12)4-1-2-5-10/h1-8,11H2. The summed E-state index contributed by atoms with van der Waals surface area (Å²) in [6.45, 7) is 1.26. The molecule has 4 nitrogen and oxygen atoms in total. The molecule has 1 heterocycles. The van der Waals surface area contributed by atoms with Crippen molar-refractivity contribution in [3.05, 3.63) is 0 Å². The van der Waals surface area contributed by atoms with E-state index < -0.39 is 0 Å². The Kier molecular flexibility index (Phi) is 2.74. The van der Waals surface area contributed by atoms with Gasteiger partial charge in [0.2, 0.25) is 5.91 Å². The molecule has 2 aliphatic rings. The van der Waals surface area contributed by atoms with Crippen molar-refractivity contribution in [1.29, 1.82) is 0 Å². The summed E-state index contributed by atoms with van der Waals surface area (Å²) in [5.41, 5.74) is 5.27. The molecule has 2 fully saturated rings. The molecule has 1 amide bonds. The highest BCUT2D eigenvalue weighted by Crippen LogP contribution is 2.41. The van der Waals surface area contributed by atoms with Crippen molar-refractivity contribution in [3.8, 4) is 0 Å².